The molecule has 1 saturated carbocycles. The molecule has 5 aliphatic rings. The Morgan fingerprint density at radius 2 is 1.56 bits per heavy atom. The van der Waals surface area contributed by atoms with Crippen LogP contribution in [0.1, 0.15) is 60.5 Å². The van der Waals surface area contributed by atoms with Gasteiger partial charge in [-0.2, -0.15) is 0 Å². The average Bonchev–Trinajstić information content (AvgIpc) is 3.18. The second-order valence-electron chi connectivity index (χ2n) is 13.2. The molecule has 0 N–H and O–H groups in total. The normalized spacial score (nSPS) is 26.2. The molecule has 212 valence electrons. The third-order valence-corrected chi connectivity index (χ3v) is 10.6. The Labute approximate surface area is 255 Å². The third-order valence-electron chi connectivity index (χ3n) is 10.6. The summed E-state index contributed by atoms with van der Waals surface area (Å²) in [5.41, 5.74) is 10.4. The highest BCUT2D eigenvalue weighted by molar-refractivity contribution is 6.19. The molecule has 2 heteroatoms. The third kappa shape index (κ3) is 4.19. The van der Waals surface area contributed by atoms with Gasteiger partial charge in [0.2, 0.25) is 0 Å². The predicted octanol–water partition coefficient (Wildman–Crippen LogP) is 10.1. The number of carbonyl (C=O) groups excluding carboxylic acids is 1. The van der Waals surface area contributed by atoms with Crippen LogP contribution in [0.4, 0.5) is 11.4 Å². The van der Waals surface area contributed by atoms with Crippen LogP contribution in [0.2, 0.25) is 0 Å². The number of anilines is 2. The first-order chi connectivity index (χ1) is 21.0. The van der Waals surface area contributed by atoms with E-state index in [4.69, 9.17) is 0 Å². The van der Waals surface area contributed by atoms with Crippen LogP contribution in [-0.2, 0) is 0 Å². The van der Waals surface area contributed by atoms with E-state index in [9.17, 15) is 4.79 Å². The first kappa shape index (κ1) is 26.2. The topological polar surface area (TPSA) is 20.3 Å². The van der Waals surface area contributed by atoms with Gasteiger partial charge in [0.05, 0.1) is 0 Å². The second kappa shape index (κ2) is 10.1. The zero-order chi connectivity index (χ0) is 29.1. The number of Topliss-reactive ketones (excluding diaryl/α,β-unsaturated/α-hetero) is 1. The van der Waals surface area contributed by atoms with Gasteiger partial charge in [0.25, 0.3) is 0 Å². The quantitative estimate of drug-likeness (QED) is 0.317. The number of hydrogen-bond donors (Lipinski definition) is 0. The minimum Gasteiger partial charge on any atom is -0.311 e. The highest BCUT2D eigenvalue weighted by Crippen LogP contribution is 2.55. The van der Waals surface area contributed by atoms with Crippen LogP contribution >= 0.6 is 0 Å². The van der Waals surface area contributed by atoms with Crippen molar-refractivity contribution in [3.05, 3.63) is 161 Å². The standard InChI is InChI=1S/C41H37NO/c1-41(2)29-12-7-6-11-28(25-29)33-24-23-32(26-38(33)41)42(30-13-4-3-5-14-30)31-21-19-27(20-22-31)34-17-10-18-36-35-15-8-9-16-37(35)40(43)39(34)36/h3-17,19-23,26,28-29,33,36H,18,24-25H2,1-2H3. The van der Waals surface area contributed by atoms with Crippen molar-refractivity contribution in [2.24, 2.45) is 23.2 Å². The molecule has 5 aliphatic carbocycles. The SMILES string of the molecule is CC1(C)C2=CC(N(c3ccccc3)c3ccc(C4=C5C(=O)c6ccccc6C5CC=C4)cc3)=CCC2C2C=CC=CC1C2. The Morgan fingerprint density at radius 1 is 0.814 bits per heavy atom. The van der Waals surface area contributed by atoms with Gasteiger partial charge in [-0.05, 0) is 89.5 Å². The number of fused-ring (bicyclic) bond motifs is 7. The van der Waals surface area contributed by atoms with Crippen LogP contribution in [0.3, 0.4) is 0 Å². The molecule has 2 bridgehead atoms. The molecule has 0 saturated heterocycles. The van der Waals surface area contributed by atoms with Gasteiger partial charge in [0.15, 0.2) is 5.78 Å². The summed E-state index contributed by atoms with van der Waals surface area (Å²) in [6, 6.07) is 27.7. The van der Waals surface area contributed by atoms with Crippen molar-refractivity contribution in [2.75, 3.05) is 4.90 Å². The summed E-state index contributed by atoms with van der Waals surface area (Å²) < 4.78 is 0. The first-order valence-electron chi connectivity index (χ1n) is 15.8. The molecule has 0 radical (unpaired) electrons. The van der Waals surface area contributed by atoms with E-state index >= 15 is 0 Å². The van der Waals surface area contributed by atoms with Crippen LogP contribution in [0.5, 0.6) is 0 Å². The summed E-state index contributed by atoms with van der Waals surface area (Å²) in [4.78, 5) is 15.9. The maximum atomic E-state index is 13.5. The maximum Gasteiger partial charge on any atom is 0.190 e. The number of rotatable bonds is 4. The summed E-state index contributed by atoms with van der Waals surface area (Å²) in [6.45, 7) is 4.88. The Morgan fingerprint density at radius 3 is 2.40 bits per heavy atom. The van der Waals surface area contributed by atoms with E-state index in [1.54, 1.807) is 5.57 Å². The number of hydrogen-bond acceptors (Lipinski definition) is 2. The molecular formula is C41H37NO. The van der Waals surface area contributed by atoms with E-state index in [1.807, 2.05) is 18.2 Å². The van der Waals surface area contributed by atoms with E-state index in [2.05, 4.69) is 128 Å². The number of para-hydroxylation sites is 1. The average molecular weight is 560 g/mol. The van der Waals surface area contributed by atoms with Gasteiger partial charge in [-0.3, -0.25) is 4.79 Å². The van der Waals surface area contributed by atoms with Crippen molar-refractivity contribution in [2.45, 2.75) is 39.0 Å². The van der Waals surface area contributed by atoms with Crippen LogP contribution in [0.15, 0.2) is 144 Å². The highest BCUT2D eigenvalue weighted by Gasteiger charge is 2.45. The number of carbonyl (C=O) groups is 1. The van der Waals surface area contributed by atoms with Crippen molar-refractivity contribution in [1.82, 2.24) is 0 Å². The molecule has 1 fully saturated rings. The van der Waals surface area contributed by atoms with Crippen LogP contribution in [-0.4, -0.2) is 5.78 Å². The molecule has 3 aromatic carbocycles. The smallest absolute Gasteiger partial charge is 0.190 e. The molecule has 0 aliphatic heterocycles. The van der Waals surface area contributed by atoms with Crippen LogP contribution in [0.25, 0.3) is 5.57 Å². The Bertz CT molecular complexity index is 1790. The Balaban J connectivity index is 1.18. The lowest BCUT2D eigenvalue weighted by Gasteiger charge is -2.49. The van der Waals surface area contributed by atoms with Gasteiger partial charge in [-0.1, -0.05) is 117 Å². The Kier molecular flexibility index (Phi) is 6.15. The van der Waals surface area contributed by atoms with Crippen molar-refractivity contribution in [3.8, 4) is 0 Å². The van der Waals surface area contributed by atoms with Gasteiger partial charge in [0, 0.05) is 34.1 Å². The number of allylic oxidation sites excluding steroid dienone is 11. The fourth-order valence-electron chi connectivity index (χ4n) is 8.33. The molecular weight excluding hydrogens is 522 g/mol. The zero-order valence-corrected chi connectivity index (χ0v) is 24.9. The molecule has 0 amide bonds. The molecule has 4 atom stereocenters. The van der Waals surface area contributed by atoms with Crippen molar-refractivity contribution < 1.29 is 4.79 Å². The number of benzene rings is 3. The van der Waals surface area contributed by atoms with Crippen LogP contribution < -0.4 is 4.90 Å². The van der Waals surface area contributed by atoms with E-state index in [-0.39, 0.29) is 17.1 Å². The maximum absolute atomic E-state index is 13.5. The lowest BCUT2D eigenvalue weighted by molar-refractivity contribution is 0.103. The molecule has 3 aromatic rings. The summed E-state index contributed by atoms with van der Waals surface area (Å²) in [5.74, 6) is 2.03. The van der Waals surface area contributed by atoms with E-state index in [1.165, 1.54) is 17.7 Å². The van der Waals surface area contributed by atoms with E-state index in [0.29, 0.717) is 17.8 Å². The lowest BCUT2D eigenvalue weighted by Crippen LogP contribution is -2.40. The number of ketones is 1. The largest absolute Gasteiger partial charge is 0.311 e. The second-order valence-corrected chi connectivity index (χ2v) is 13.2. The molecule has 4 unspecified atom stereocenters. The Hall–Kier alpha value is -4.43. The molecule has 0 heterocycles. The minimum absolute atomic E-state index is 0.110. The van der Waals surface area contributed by atoms with Gasteiger partial charge in [-0.25, -0.2) is 0 Å². The van der Waals surface area contributed by atoms with Gasteiger partial charge < -0.3 is 4.90 Å². The fourth-order valence-corrected chi connectivity index (χ4v) is 8.33. The van der Waals surface area contributed by atoms with Crippen molar-refractivity contribution in [1.29, 1.82) is 0 Å². The molecule has 0 aromatic heterocycles. The fraction of sp³-hybridized carbons (Fsp3) is 0.244. The van der Waals surface area contributed by atoms with E-state index < -0.39 is 0 Å². The number of nitrogens with zero attached hydrogens (tertiary/aromatic N) is 1. The van der Waals surface area contributed by atoms with Crippen LogP contribution in [0, 0.1) is 23.2 Å². The van der Waals surface area contributed by atoms with Gasteiger partial charge in [-0.15, -0.1) is 0 Å². The predicted molar refractivity (Wildman–Crippen MR) is 177 cm³/mol. The van der Waals surface area contributed by atoms with Gasteiger partial charge in [0.1, 0.15) is 0 Å². The lowest BCUT2D eigenvalue weighted by atomic mass is 9.56. The van der Waals surface area contributed by atoms with Gasteiger partial charge >= 0.3 is 0 Å². The minimum atomic E-state index is 0.110. The molecule has 0 spiro atoms. The van der Waals surface area contributed by atoms with E-state index in [0.717, 1.165) is 46.5 Å². The molecule has 2 nitrogen and oxygen atoms in total. The molecule has 8 rings (SSSR count). The highest BCUT2D eigenvalue weighted by atomic mass is 16.1. The summed E-state index contributed by atoms with van der Waals surface area (Å²) >= 11 is 0. The van der Waals surface area contributed by atoms with Crippen molar-refractivity contribution in [3.63, 3.8) is 0 Å². The summed E-state index contributed by atoms with van der Waals surface area (Å²) in [6.07, 6.45) is 21.9. The first-order valence-corrected chi connectivity index (χ1v) is 15.8. The van der Waals surface area contributed by atoms with Crippen molar-refractivity contribution >= 4 is 22.7 Å². The monoisotopic (exact) mass is 559 g/mol. The summed E-state index contributed by atoms with van der Waals surface area (Å²) in [5, 5.41) is 0. The summed E-state index contributed by atoms with van der Waals surface area (Å²) in [7, 11) is 0. The molecule has 43 heavy (non-hydrogen) atoms. The zero-order valence-electron chi connectivity index (χ0n) is 24.9.